The van der Waals surface area contributed by atoms with Gasteiger partial charge in [-0.05, 0) is 44.0 Å². The second-order valence-corrected chi connectivity index (χ2v) is 5.31. The summed E-state index contributed by atoms with van der Waals surface area (Å²) in [5, 5.41) is 3.58. The van der Waals surface area contributed by atoms with Crippen LogP contribution in [0.1, 0.15) is 45.1 Å². The minimum absolute atomic E-state index is 0.481. The predicted molar refractivity (Wildman–Crippen MR) is 84.9 cm³/mol. The van der Waals surface area contributed by atoms with Crippen LogP contribution in [0.15, 0.2) is 18.2 Å². The predicted octanol–water partition coefficient (Wildman–Crippen LogP) is 3.80. The van der Waals surface area contributed by atoms with Crippen molar-refractivity contribution in [1.82, 2.24) is 5.32 Å². The highest BCUT2D eigenvalue weighted by atomic mass is 16.5. The molecule has 0 aliphatic rings. The van der Waals surface area contributed by atoms with E-state index in [-0.39, 0.29) is 0 Å². The average molecular weight is 279 g/mol. The molecule has 1 aromatic carbocycles. The maximum absolute atomic E-state index is 5.34. The van der Waals surface area contributed by atoms with Crippen molar-refractivity contribution >= 4 is 0 Å². The molecular formula is C17H29NO2. The Kier molecular flexibility index (Phi) is 8.12. The quantitative estimate of drug-likeness (QED) is 0.661. The van der Waals surface area contributed by atoms with Gasteiger partial charge >= 0.3 is 0 Å². The van der Waals surface area contributed by atoms with Crippen molar-refractivity contribution in [2.75, 3.05) is 20.8 Å². The molecule has 20 heavy (non-hydrogen) atoms. The maximum Gasteiger partial charge on any atom is 0.160 e. The molecule has 0 amide bonds. The molecule has 0 fully saturated rings. The first-order valence-corrected chi connectivity index (χ1v) is 7.65. The molecule has 0 saturated carbocycles. The third-order valence-corrected chi connectivity index (χ3v) is 3.51. The van der Waals surface area contributed by atoms with Crippen molar-refractivity contribution < 1.29 is 9.47 Å². The van der Waals surface area contributed by atoms with E-state index in [2.05, 4.69) is 31.3 Å². The highest BCUT2D eigenvalue weighted by Crippen LogP contribution is 2.27. The second kappa shape index (κ2) is 9.65. The van der Waals surface area contributed by atoms with Gasteiger partial charge in [0.1, 0.15) is 0 Å². The summed E-state index contributed by atoms with van der Waals surface area (Å²) in [5.41, 5.74) is 1.27. The van der Waals surface area contributed by atoms with E-state index in [4.69, 9.17) is 9.47 Å². The summed E-state index contributed by atoms with van der Waals surface area (Å²) in [6.45, 7) is 5.58. The second-order valence-electron chi connectivity index (χ2n) is 5.31. The van der Waals surface area contributed by atoms with Gasteiger partial charge in [0.25, 0.3) is 0 Å². The lowest BCUT2D eigenvalue weighted by molar-refractivity contribution is 0.354. The lowest BCUT2D eigenvalue weighted by atomic mass is 10.1. The fourth-order valence-corrected chi connectivity index (χ4v) is 2.33. The van der Waals surface area contributed by atoms with Gasteiger partial charge in [0.2, 0.25) is 0 Å². The summed E-state index contributed by atoms with van der Waals surface area (Å²) in [4.78, 5) is 0. The van der Waals surface area contributed by atoms with Crippen molar-refractivity contribution in [3.8, 4) is 11.5 Å². The summed E-state index contributed by atoms with van der Waals surface area (Å²) in [6, 6.07) is 6.63. The number of unbranched alkanes of at least 4 members (excludes halogenated alkanes) is 3. The number of methoxy groups -OCH3 is 2. The van der Waals surface area contributed by atoms with Gasteiger partial charge < -0.3 is 14.8 Å². The number of rotatable bonds is 10. The Morgan fingerprint density at radius 3 is 2.45 bits per heavy atom. The molecule has 1 atom stereocenters. The number of hydrogen-bond acceptors (Lipinski definition) is 3. The first kappa shape index (κ1) is 16.8. The molecule has 1 N–H and O–H groups in total. The van der Waals surface area contributed by atoms with Gasteiger partial charge in [0.05, 0.1) is 14.2 Å². The molecule has 114 valence electrons. The van der Waals surface area contributed by atoms with Crippen LogP contribution in [0.5, 0.6) is 11.5 Å². The molecule has 3 heteroatoms. The Labute approximate surface area is 123 Å². The standard InChI is InChI=1S/C17H29NO2/c1-5-6-7-8-11-18-14(2)12-15-9-10-16(19-3)17(13-15)20-4/h9-10,13-14,18H,5-8,11-12H2,1-4H3. The van der Waals surface area contributed by atoms with Gasteiger partial charge in [-0.3, -0.25) is 0 Å². The SMILES string of the molecule is CCCCCCNC(C)Cc1ccc(OC)c(OC)c1. The molecule has 0 bridgehead atoms. The number of ether oxygens (including phenoxy) is 2. The van der Waals surface area contributed by atoms with Gasteiger partial charge in [-0.1, -0.05) is 32.3 Å². The minimum atomic E-state index is 0.481. The molecule has 1 aromatic rings. The van der Waals surface area contributed by atoms with E-state index in [1.165, 1.54) is 31.2 Å². The lowest BCUT2D eigenvalue weighted by Crippen LogP contribution is -2.28. The molecule has 1 rings (SSSR count). The largest absolute Gasteiger partial charge is 0.493 e. The van der Waals surface area contributed by atoms with Gasteiger partial charge in [0.15, 0.2) is 11.5 Å². The molecule has 0 radical (unpaired) electrons. The zero-order valence-electron chi connectivity index (χ0n) is 13.4. The van der Waals surface area contributed by atoms with Crippen LogP contribution in [0.25, 0.3) is 0 Å². The highest BCUT2D eigenvalue weighted by Gasteiger charge is 2.07. The lowest BCUT2D eigenvalue weighted by Gasteiger charge is -2.15. The Balaban J connectivity index is 2.39. The minimum Gasteiger partial charge on any atom is -0.493 e. The number of hydrogen-bond donors (Lipinski definition) is 1. The van der Waals surface area contributed by atoms with E-state index in [0.29, 0.717) is 6.04 Å². The van der Waals surface area contributed by atoms with Crippen LogP contribution >= 0.6 is 0 Å². The monoisotopic (exact) mass is 279 g/mol. The molecular weight excluding hydrogens is 250 g/mol. The van der Waals surface area contributed by atoms with Gasteiger partial charge in [0, 0.05) is 6.04 Å². The molecule has 0 heterocycles. The summed E-state index contributed by atoms with van der Waals surface area (Å²) in [5.74, 6) is 1.59. The molecule has 0 aromatic heterocycles. The Hall–Kier alpha value is -1.22. The van der Waals surface area contributed by atoms with Crippen molar-refractivity contribution in [3.05, 3.63) is 23.8 Å². The average Bonchev–Trinajstić information content (AvgIpc) is 2.46. The molecule has 0 aliphatic carbocycles. The zero-order valence-corrected chi connectivity index (χ0v) is 13.4. The van der Waals surface area contributed by atoms with Crippen LogP contribution in [0, 0.1) is 0 Å². The van der Waals surface area contributed by atoms with Crippen LogP contribution in [0.2, 0.25) is 0 Å². The molecule has 0 spiro atoms. The summed E-state index contributed by atoms with van der Waals surface area (Å²) >= 11 is 0. The van der Waals surface area contributed by atoms with Crippen LogP contribution in [0.3, 0.4) is 0 Å². The number of benzene rings is 1. The highest BCUT2D eigenvalue weighted by molar-refractivity contribution is 5.43. The van der Waals surface area contributed by atoms with E-state index in [9.17, 15) is 0 Å². The molecule has 0 saturated heterocycles. The Bertz CT molecular complexity index is 379. The topological polar surface area (TPSA) is 30.5 Å². The van der Waals surface area contributed by atoms with Crippen LogP contribution in [-0.4, -0.2) is 26.8 Å². The van der Waals surface area contributed by atoms with Gasteiger partial charge in [-0.2, -0.15) is 0 Å². The van der Waals surface area contributed by atoms with Gasteiger partial charge in [-0.25, -0.2) is 0 Å². The van der Waals surface area contributed by atoms with E-state index in [1.807, 2.05) is 6.07 Å². The smallest absolute Gasteiger partial charge is 0.160 e. The zero-order chi connectivity index (χ0) is 14.8. The fourth-order valence-electron chi connectivity index (χ4n) is 2.33. The maximum atomic E-state index is 5.34. The third kappa shape index (κ3) is 5.83. The Morgan fingerprint density at radius 2 is 1.80 bits per heavy atom. The third-order valence-electron chi connectivity index (χ3n) is 3.51. The van der Waals surface area contributed by atoms with Gasteiger partial charge in [-0.15, -0.1) is 0 Å². The fraction of sp³-hybridized carbons (Fsp3) is 0.647. The van der Waals surface area contributed by atoms with Crippen molar-refractivity contribution in [1.29, 1.82) is 0 Å². The van der Waals surface area contributed by atoms with E-state index in [0.717, 1.165) is 24.5 Å². The van der Waals surface area contributed by atoms with Crippen LogP contribution in [-0.2, 0) is 6.42 Å². The summed E-state index contributed by atoms with van der Waals surface area (Å²) in [6.07, 6.45) is 6.23. The van der Waals surface area contributed by atoms with Crippen molar-refractivity contribution in [3.63, 3.8) is 0 Å². The molecule has 0 aliphatic heterocycles. The van der Waals surface area contributed by atoms with E-state index >= 15 is 0 Å². The molecule has 3 nitrogen and oxygen atoms in total. The first-order valence-electron chi connectivity index (χ1n) is 7.65. The summed E-state index contributed by atoms with van der Waals surface area (Å²) in [7, 11) is 3.34. The van der Waals surface area contributed by atoms with Crippen molar-refractivity contribution in [2.24, 2.45) is 0 Å². The van der Waals surface area contributed by atoms with Crippen LogP contribution in [0.4, 0.5) is 0 Å². The summed E-state index contributed by atoms with van der Waals surface area (Å²) < 4.78 is 10.6. The van der Waals surface area contributed by atoms with E-state index < -0.39 is 0 Å². The number of nitrogens with one attached hydrogen (secondary N) is 1. The molecule has 1 unspecified atom stereocenters. The Morgan fingerprint density at radius 1 is 1.05 bits per heavy atom. The van der Waals surface area contributed by atoms with E-state index in [1.54, 1.807) is 14.2 Å². The first-order chi connectivity index (χ1) is 9.71. The van der Waals surface area contributed by atoms with Crippen molar-refractivity contribution in [2.45, 2.75) is 52.0 Å². The normalized spacial score (nSPS) is 12.2. The van der Waals surface area contributed by atoms with Crippen LogP contribution < -0.4 is 14.8 Å².